The minimum Gasteiger partial charge on any atom is -0.485 e. The van der Waals surface area contributed by atoms with E-state index in [2.05, 4.69) is 103 Å². The minimum absolute atomic E-state index is 0.00683. The van der Waals surface area contributed by atoms with Gasteiger partial charge in [-0.1, -0.05) is 97.1 Å². The Balaban J connectivity index is 1.18. The molecule has 2 aliphatic rings. The van der Waals surface area contributed by atoms with Gasteiger partial charge in [-0.3, -0.25) is 0 Å². The molecular formula is C39H25N3OS. The van der Waals surface area contributed by atoms with Crippen molar-refractivity contribution in [2.24, 2.45) is 0 Å². The highest BCUT2D eigenvalue weighted by atomic mass is 32.1. The van der Waals surface area contributed by atoms with Crippen LogP contribution in [0.4, 0.5) is 0 Å². The fourth-order valence-corrected chi connectivity index (χ4v) is 7.52. The van der Waals surface area contributed by atoms with Crippen molar-refractivity contribution in [3.8, 4) is 39.9 Å². The number of fused-ring (bicyclic) bond motifs is 6. The molecule has 0 radical (unpaired) electrons. The number of nitrogens with zero attached hydrogens (tertiary/aromatic N) is 3. The van der Waals surface area contributed by atoms with Crippen LogP contribution in [0.2, 0.25) is 0 Å². The van der Waals surface area contributed by atoms with Crippen LogP contribution in [0.15, 0.2) is 140 Å². The highest BCUT2D eigenvalue weighted by Crippen LogP contribution is 2.48. The first-order chi connectivity index (χ1) is 21.8. The maximum Gasteiger partial charge on any atom is 0.164 e. The summed E-state index contributed by atoms with van der Waals surface area (Å²) in [5, 5.41) is 2.48. The highest BCUT2D eigenvalue weighted by Gasteiger charge is 2.37. The minimum atomic E-state index is -0.00683. The molecule has 3 heterocycles. The lowest BCUT2D eigenvalue weighted by atomic mass is 9.81. The van der Waals surface area contributed by atoms with Gasteiger partial charge in [0.1, 0.15) is 11.9 Å². The zero-order chi connectivity index (χ0) is 29.0. The Bertz CT molecular complexity index is 2290. The Hall–Kier alpha value is -5.39. The molecular weight excluding hydrogens is 559 g/mol. The summed E-state index contributed by atoms with van der Waals surface area (Å²) < 4.78 is 8.83. The van der Waals surface area contributed by atoms with Crippen LogP contribution in [0.25, 0.3) is 59.9 Å². The van der Waals surface area contributed by atoms with Gasteiger partial charge in [-0.2, -0.15) is 0 Å². The molecule has 0 amide bonds. The number of allylic oxidation sites excluding steroid dienone is 2. The van der Waals surface area contributed by atoms with E-state index in [1.54, 1.807) is 0 Å². The molecule has 1 aliphatic heterocycles. The number of ether oxygens (including phenoxy) is 1. The van der Waals surface area contributed by atoms with Crippen LogP contribution in [0, 0.1) is 0 Å². The number of hydrogen-bond donors (Lipinski definition) is 0. The summed E-state index contributed by atoms with van der Waals surface area (Å²) in [4.78, 5) is 15.1. The number of benzene rings is 5. The second kappa shape index (κ2) is 10.1. The summed E-state index contributed by atoms with van der Waals surface area (Å²) in [6.07, 6.45) is 6.46. The topological polar surface area (TPSA) is 47.9 Å². The van der Waals surface area contributed by atoms with Crippen molar-refractivity contribution in [1.82, 2.24) is 15.0 Å². The molecule has 4 nitrogen and oxygen atoms in total. The van der Waals surface area contributed by atoms with Crippen LogP contribution in [-0.4, -0.2) is 21.1 Å². The summed E-state index contributed by atoms with van der Waals surface area (Å²) in [6, 6.07) is 42.1. The predicted octanol–water partition coefficient (Wildman–Crippen LogP) is 9.74. The molecule has 2 atom stereocenters. The summed E-state index contributed by atoms with van der Waals surface area (Å²) in [7, 11) is 0. The van der Waals surface area contributed by atoms with E-state index in [1.807, 2.05) is 47.7 Å². The molecule has 44 heavy (non-hydrogen) atoms. The maximum atomic E-state index is 6.30. The largest absolute Gasteiger partial charge is 0.485 e. The van der Waals surface area contributed by atoms with Gasteiger partial charge in [-0.05, 0) is 53.6 Å². The van der Waals surface area contributed by atoms with Crippen molar-refractivity contribution in [3.05, 3.63) is 151 Å². The number of aromatic nitrogens is 3. The molecule has 0 spiro atoms. The predicted molar refractivity (Wildman–Crippen MR) is 180 cm³/mol. The number of thiophene rings is 1. The third-order valence-corrected chi connectivity index (χ3v) is 9.67. The van der Waals surface area contributed by atoms with E-state index >= 15 is 0 Å². The third-order valence-electron chi connectivity index (χ3n) is 8.51. The molecule has 9 rings (SSSR count). The summed E-state index contributed by atoms with van der Waals surface area (Å²) in [6.45, 7) is 0. The Morgan fingerprint density at radius 2 is 1.23 bits per heavy atom. The first kappa shape index (κ1) is 25.1. The van der Waals surface area contributed by atoms with E-state index in [4.69, 9.17) is 19.7 Å². The molecule has 0 saturated carbocycles. The lowest BCUT2D eigenvalue weighted by Crippen LogP contribution is -2.19. The van der Waals surface area contributed by atoms with Crippen LogP contribution in [-0.2, 0) is 0 Å². The summed E-state index contributed by atoms with van der Waals surface area (Å²) in [5.41, 5.74) is 6.47. The standard InChI is InChI=1S/C39H25N3OS/c1-2-10-24(11-3-1)37-40-38(42-39(41-37)27-20-21-35-31(23-27)29-14-5-7-19-34(29)44-35)26-13-8-12-25(22-26)28-16-9-18-33-36(28)30-15-4-6-17-32(30)43-33/h1-23,33,36H. The second-order valence-electron chi connectivity index (χ2n) is 11.2. The smallest absolute Gasteiger partial charge is 0.164 e. The molecule has 0 bridgehead atoms. The van der Waals surface area contributed by atoms with Crippen LogP contribution in [0.1, 0.15) is 17.0 Å². The quantitative estimate of drug-likeness (QED) is 0.207. The molecule has 0 N–H and O–H groups in total. The van der Waals surface area contributed by atoms with E-state index in [-0.39, 0.29) is 12.0 Å². The van der Waals surface area contributed by atoms with E-state index in [0.717, 1.165) is 28.0 Å². The summed E-state index contributed by atoms with van der Waals surface area (Å²) >= 11 is 1.81. The van der Waals surface area contributed by atoms with Crippen molar-refractivity contribution >= 4 is 37.1 Å². The van der Waals surface area contributed by atoms with Crippen molar-refractivity contribution in [1.29, 1.82) is 0 Å². The van der Waals surface area contributed by atoms with Gasteiger partial charge in [-0.25, -0.2) is 15.0 Å². The van der Waals surface area contributed by atoms with Crippen LogP contribution in [0.3, 0.4) is 0 Å². The maximum absolute atomic E-state index is 6.30. The Labute approximate surface area is 258 Å². The zero-order valence-corrected chi connectivity index (χ0v) is 24.4. The fraction of sp³-hybridized carbons (Fsp3) is 0.0513. The Morgan fingerprint density at radius 1 is 0.545 bits per heavy atom. The third kappa shape index (κ3) is 4.16. The van der Waals surface area contributed by atoms with E-state index < -0.39 is 0 Å². The first-order valence-electron chi connectivity index (χ1n) is 14.8. The van der Waals surface area contributed by atoms with Crippen molar-refractivity contribution < 1.29 is 4.74 Å². The average Bonchev–Trinajstić information content (AvgIpc) is 3.67. The van der Waals surface area contributed by atoms with Gasteiger partial charge in [0.2, 0.25) is 0 Å². The van der Waals surface area contributed by atoms with Gasteiger partial charge >= 0.3 is 0 Å². The van der Waals surface area contributed by atoms with Crippen LogP contribution < -0.4 is 4.74 Å². The lowest BCUT2D eigenvalue weighted by molar-refractivity contribution is 0.271. The lowest BCUT2D eigenvalue weighted by Gasteiger charge is -2.23. The summed E-state index contributed by atoms with van der Waals surface area (Å²) in [5.74, 6) is 3.07. The molecule has 5 aromatic carbocycles. The zero-order valence-electron chi connectivity index (χ0n) is 23.6. The van der Waals surface area contributed by atoms with Crippen LogP contribution >= 0.6 is 11.3 Å². The fourth-order valence-electron chi connectivity index (χ4n) is 6.43. The van der Waals surface area contributed by atoms with E-state index in [9.17, 15) is 0 Å². The van der Waals surface area contributed by atoms with Crippen molar-refractivity contribution in [3.63, 3.8) is 0 Å². The second-order valence-corrected chi connectivity index (χ2v) is 12.3. The van der Waals surface area contributed by atoms with E-state index in [0.29, 0.717) is 17.5 Å². The average molecular weight is 584 g/mol. The van der Waals surface area contributed by atoms with Gasteiger partial charge in [-0.15, -0.1) is 11.3 Å². The monoisotopic (exact) mass is 583 g/mol. The van der Waals surface area contributed by atoms with Gasteiger partial charge < -0.3 is 4.74 Å². The first-order valence-corrected chi connectivity index (χ1v) is 15.6. The normalized spacial score (nSPS) is 16.9. The molecule has 1 aliphatic carbocycles. The number of hydrogen-bond acceptors (Lipinski definition) is 5. The Kier molecular flexibility index (Phi) is 5.78. The van der Waals surface area contributed by atoms with E-state index in [1.165, 1.54) is 31.3 Å². The molecule has 208 valence electrons. The molecule has 0 fully saturated rings. The molecule has 2 aromatic heterocycles. The number of para-hydroxylation sites is 1. The molecule has 2 unspecified atom stereocenters. The molecule has 7 aromatic rings. The highest BCUT2D eigenvalue weighted by molar-refractivity contribution is 7.25. The van der Waals surface area contributed by atoms with Gasteiger partial charge in [0.15, 0.2) is 17.5 Å². The van der Waals surface area contributed by atoms with Crippen molar-refractivity contribution in [2.75, 3.05) is 0 Å². The van der Waals surface area contributed by atoms with Crippen LogP contribution in [0.5, 0.6) is 5.75 Å². The molecule has 5 heteroatoms. The van der Waals surface area contributed by atoms with Gasteiger partial charge in [0, 0.05) is 42.4 Å². The molecule has 0 saturated heterocycles. The Morgan fingerprint density at radius 3 is 2.11 bits per heavy atom. The number of rotatable bonds is 4. The van der Waals surface area contributed by atoms with Crippen molar-refractivity contribution in [2.45, 2.75) is 12.0 Å². The van der Waals surface area contributed by atoms with Gasteiger partial charge in [0.05, 0.1) is 5.92 Å². The SMILES string of the molecule is C1=CC2Oc3ccccc3C2C(c2cccc(-c3nc(-c4ccccc4)nc(-c4ccc5sc6ccccc6c5c4)n3)c2)=C1. The van der Waals surface area contributed by atoms with Gasteiger partial charge in [0.25, 0.3) is 0 Å².